The van der Waals surface area contributed by atoms with E-state index in [4.69, 9.17) is 0 Å². The number of benzene rings is 2. The van der Waals surface area contributed by atoms with Crippen molar-refractivity contribution >= 4 is 28.3 Å². The highest BCUT2D eigenvalue weighted by atomic mass is 19.1. The van der Waals surface area contributed by atoms with Gasteiger partial charge in [0.1, 0.15) is 11.6 Å². The number of nitrogens with zero attached hydrogens (tertiary/aromatic N) is 3. The average Bonchev–Trinajstić information content (AvgIpc) is 2.72. The zero-order chi connectivity index (χ0) is 20.8. The lowest BCUT2D eigenvalue weighted by Gasteiger charge is -2.09. The molecular weight excluding hydrogens is 377 g/mol. The first-order chi connectivity index (χ1) is 14.0. The van der Waals surface area contributed by atoms with Crippen molar-refractivity contribution in [2.24, 2.45) is 0 Å². The Kier molecular flexibility index (Phi) is 5.94. The summed E-state index contributed by atoms with van der Waals surface area (Å²) >= 11 is 0. The molecular formula is C20H16FN5O3. The van der Waals surface area contributed by atoms with Crippen molar-refractivity contribution in [1.29, 1.82) is 5.26 Å². The van der Waals surface area contributed by atoms with E-state index in [1.165, 1.54) is 48.5 Å². The van der Waals surface area contributed by atoms with Gasteiger partial charge in [0.25, 0.3) is 11.6 Å². The number of hydrogen-bond acceptors (Lipinski definition) is 6. The van der Waals surface area contributed by atoms with Gasteiger partial charge in [-0.25, -0.2) is 9.37 Å². The molecule has 1 heterocycles. The van der Waals surface area contributed by atoms with E-state index in [0.29, 0.717) is 36.2 Å². The molecule has 9 heteroatoms. The molecule has 0 bridgehead atoms. The predicted molar refractivity (Wildman–Crippen MR) is 105 cm³/mol. The first-order valence-electron chi connectivity index (χ1n) is 8.75. The van der Waals surface area contributed by atoms with Gasteiger partial charge in [-0.3, -0.25) is 14.9 Å². The molecule has 0 fully saturated rings. The van der Waals surface area contributed by atoms with Gasteiger partial charge in [-0.1, -0.05) is 6.07 Å². The van der Waals surface area contributed by atoms with Crippen LogP contribution < -0.4 is 10.6 Å². The smallest absolute Gasteiger partial charge is 0.270 e. The summed E-state index contributed by atoms with van der Waals surface area (Å²) < 4.78 is 13.1. The monoisotopic (exact) mass is 393 g/mol. The van der Waals surface area contributed by atoms with Gasteiger partial charge in [-0.05, 0) is 36.8 Å². The van der Waals surface area contributed by atoms with Crippen LogP contribution in [-0.2, 0) is 0 Å². The number of halogens is 1. The molecule has 1 amide bonds. The third-order valence-electron chi connectivity index (χ3n) is 4.16. The number of aromatic nitrogens is 1. The first-order valence-corrected chi connectivity index (χ1v) is 8.75. The van der Waals surface area contributed by atoms with Crippen molar-refractivity contribution in [2.45, 2.75) is 6.42 Å². The topological polar surface area (TPSA) is 121 Å². The van der Waals surface area contributed by atoms with Crippen LogP contribution in [0.2, 0.25) is 0 Å². The molecule has 1 aromatic heterocycles. The Hall–Kier alpha value is -4.06. The zero-order valence-corrected chi connectivity index (χ0v) is 15.2. The van der Waals surface area contributed by atoms with E-state index in [-0.39, 0.29) is 22.7 Å². The molecule has 2 N–H and O–H groups in total. The van der Waals surface area contributed by atoms with E-state index in [1.54, 1.807) is 0 Å². The fraction of sp³-hybridized carbons (Fsp3) is 0.150. The van der Waals surface area contributed by atoms with Crippen LogP contribution in [0.15, 0.2) is 48.5 Å². The second-order valence-electron chi connectivity index (χ2n) is 6.17. The van der Waals surface area contributed by atoms with Gasteiger partial charge in [0.15, 0.2) is 0 Å². The molecule has 0 aliphatic heterocycles. The quantitative estimate of drug-likeness (QED) is 0.361. The molecule has 0 atom stereocenters. The van der Waals surface area contributed by atoms with Crippen molar-refractivity contribution in [3.8, 4) is 6.07 Å². The maximum atomic E-state index is 13.1. The molecule has 0 radical (unpaired) electrons. The molecule has 0 aliphatic carbocycles. The fourth-order valence-electron chi connectivity index (χ4n) is 2.75. The maximum Gasteiger partial charge on any atom is 0.270 e. The number of amides is 1. The van der Waals surface area contributed by atoms with Crippen LogP contribution in [0.5, 0.6) is 0 Å². The summed E-state index contributed by atoms with van der Waals surface area (Å²) in [6, 6.07) is 13.1. The number of nitro benzene ring substituents is 1. The maximum absolute atomic E-state index is 13.1. The second-order valence-corrected chi connectivity index (χ2v) is 6.17. The second kappa shape index (κ2) is 8.75. The summed E-state index contributed by atoms with van der Waals surface area (Å²) in [5.74, 6) is -0.374. The highest BCUT2D eigenvalue weighted by molar-refractivity contribution is 5.94. The number of nitriles is 1. The van der Waals surface area contributed by atoms with Crippen LogP contribution in [0.1, 0.15) is 22.3 Å². The van der Waals surface area contributed by atoms with Gasteiger partial charge in [-0.15, -0.1) is 0 Å². The lowest BCUT2D eigenvalue weighted by atomic mass is 10.1. The van der Waals surface area contributed by atoms with Gasteiger partial charge < -0.3 is 10.6 Å². The van der Waals surface area contributed by atoms with E-state index in [1.807, 2.05) is 6.07 Å². The Balaban J connectivity index is 1.58. The lowest BCUT2D eigenvalue weighted by molar-refractivity contribution is -0.384. The minimum atomic E-state index is -0.523. The third-order valence-corrected chi connectivity index (χ3v) is 4.16. The highest BCUT2D eigenvalue weighted by Crippen LogP contribution is 2.24. The molecule has 3 rings (SSSR count). The van der Waals surface area contributed by atoms with Crippen molar-refractivity contribution in [2.75, 3.05) is 18.4 Å². The van der Waals surface area contributed by atoms with E-state index in [9.17, 15) is 24.6 Å². The normalized spacial score (nSPS) is 10.3. The standard InChI is InChI=1S/C20H16FN5O3/c21-15-4-1-3-13(9-15)20(27)24-8-2-7-23-19-10-14(12-22)17-11-16(26(28)29)5-6-18(17)25-19/h1,3-6,9-11H,2,7-8H2,(H,23,25)(H,24,27). The molecule has 0 spiro atoms. The lowest BCUT2D eigenvalue weighted by Crippen LogP contribution is -2.25. The van der Waals surface area contributed by atoms with Crippen LogP contribution >= 0.6 is 0 Å². The number of pyridine rings is 1. The molecule has 0 aliphatic rings. The Morgan fingerprint density at radius 2 is 2.03 bits per heavy atom. The Morgan fingerprint density at radius 1 is 1.21 bits per heavy atom. The van der Waals surface area contributed by atoms with E-state index < -0.39 is 10.7 Å². The molecule has 8 nitrogen and oxygen atoms in total. The average molecular weight is 393 g/mol. The molecule has 0 saturated carbocycles. The van der Waals surface area contributed by atoms with Crippen molar-refractivity contribution in [3.05, 3.63) is 75.6 Å². The number of nitrogens with one attached hydrogen (secondary N) is 2. The number of carbonyl (C=O) groups is 1. The van der Waals surface area contributed by atoms with Gasteiger partial charge >= 0.3 is 0 Å². The SMILES string of the molecule is N#Cc1cc(NCCCNC(=O)c2cccc(F)c2)nc2ccc([N+](=O)[O-])cc12. The Bertz CT molecular complexity index is 1130. The minimum Gasteiger partial charge on any atom is -0.370 e. The number of fused-ring (bicyclic) bond motifs is 1. The number of anilines is 1. The number of hydrogen-bond donors (Lipinski definition) is 2. The van der Waals surface area contributed by atoms with Crippen LogP contribution in [0.25, 0.3) is 10.9 Å². The number of carbonyl (C=O) groups excluding carboxylic acids is 1. The predicted octanol–water partition coefficient (Wildman–Crippen LogP) is 3.39. The number of rotatable bonds is 7. The molecule has 3 aromatic rings. The minimum absolute atomic E-state index is 0.106. The van der Waals surface area contributed by atoms with Crippen molar-refractivity contribution < 1.29 is 14.1 Å². The molecule has 0 unspecified atom stereocenters. The Morgan fingerprint density at radius 3 is 2.76 bits per heavy atom. The van der Waals surface area contributed by atoms with Gasteiger partial charge in [-0.2, -0.15) is 5.26 Å². The van der Waals surface area contributed by atoms with Crippen LogP contribution in [0.3, 0.4) is 0 Å². The van der Waals surface area contributed by atoms with Gasteiger partial charge in [0, 0.05) is 36.2 Å². The molecule has 146 valence electrons. The summed E-state index contributed by atoms with van der Waals surface area (Å²) in [7, 11) is 0. The third kappa shape index (κ3) is 4.81. The van der Waals surface area contributed by atoms with E-state index >= 15 is 0 Å². The van der Waals surface area contributed by atoms with E-state index in [0.717, 1.165) is 0 Å². The van der Waals surface area contributed by atoms with Gasteiger partial charge in [0.05, 0.1) is 22.1 Å². The summed E-state index contributed by atoms with van der Waals surface area (Å²) in [6.07, 6.45) is 0.572. The Labute approximate surface area is 165 Å². The molecule has 0 saturated heterocycles. The zero-order valence-electron chi connectivity index (χ0n) is 15.2. The summed E-state index contributed by atoms with van der Waals surface area (Å²) in [6.45, 7) is 0.840. The van der Waals surface area contributed by atoms with Crippen LogP contribution in [0, 0.1) is 27.3 Å². The van der Waals surface area contributed by atoms with E-state index in [2.05, 4.69) is 15.6 Å². The summed E-state index contributed by atoms with van der Waals surface area (Å²) in [4.78, 5) is 26.7. The van der Waals surface area contributed by atoms with Crippen molar-refractivity contribution in [3.63, 3.8) is 0 Å². The van der Waals surface area contributed by atoms with Crippen molar-refractivity contribution in [1.82, 2.24) is 10.3 Å². The summed E-state index contributed by atoms with van der Waals surface area (Å²) in [5, 5.41) is 26.4. The number of non-ortho nitro benzene ring substituents is 1. The molecule has 29 heavy (non-hydrogen) atoms. The highest BCUT2D eigenvalue weighted by Gasteiger charge is 2.11. The summed E-state index contributed by atoms with van der Waals surface area (Å²) in [5.41, 5.74) is 0.893. The van der Waals surface area contributed by atoms with Gasteiger partial charge in [0.2, 0.25) is 0 Å². The van der Waals surface area contributed by atoms with Crippen LogP contribution in [0.4, 0.5) is 15.9 Å². The largest absolute Gasteiger partial charge is 0.370 e. The van der Waals surface area contributed by atoms with Crippen LogP contribution in [-0.4, -0.2) is 28.9 Å². The fourth-order valence-corrected chi connectivity index (χ4v) is 2.75. The molecule has 2 aromatic carbocycles. The first kappa shape index (κ1) is 19.7. The number of nitro groups is 1.